The molecule has 7 heteroatoms. The lowest BCUT2D eigenvalue weighted by molar-refractivity contribution is -0.122. The zero-order chi connectivity index (χ0) is 19.9. The van der Waals surface area contributed by atoms with Gasteiger partial charge in [-0.2, -0.15) is 5.10 Å². The average molecular weight is 399 g/mol. The molecule has 28 heavy (non-hydrogen) atoms. The van der Waals surface area contributed by atoms with Gasteiger partial charge in [0.05, 0.1) is 0 Å². The third-order valence-electron chi connectivity index (χ3n) is 6.98. The van der Waals surface area contributed by atoms with Gasteiger partial charge in [0.2, 0.25) is 11.8 Å². The van der Waals surface area contributed by atoms with Crippen molar-refractivity contribution in [2.24, 2.45) is 27.0 Å². The summed E-state index contributed by atoms with van der Waals surface area (Å²) in [5.41, 5.74) is 2.20. The number of carbonyl (C=O) groups is 2. The maximum Gasteiger partial charge on any atom is 0.240 e. The first kappa shape index (κ1) is 19.2. The van der Waals surface area contributed by atoms with Crippen molar-refractivity contribution in [2.45, 2.75) is 51.7 Å². The van der Waals surface area contributed by atoms with Crippen molar-refractivity contribution >= 4 is 40.1 Å². The highest BCUT2D eigenvalue weighted by Gasteiger charge is 2.60. The quantitative estimate of drug-likeness (QED) is 0.757. The molecule has 3 unspecified atom stereocenters. The van der Waals surface area contributed by atoms with E-state index in [1.54, 1.807) is 0 Å². The Labute approximate surface area is 169 Å². The maximum atomic E-state index is 12.2. The highest BCUT2D eigenvalue weighted by molar-refractivity contribution is 8.15. The first-order valence-corrected chi connectivity index (χ1v) is 10.6. The Balaban J connectivity index is 1.39. The van der Waals surface area contributed by atoms with Crippen LogP contribution >= 0.6 is 11.8 Å². The number of amidine groups is 1. The standard InChI is InChI=1S/C21H26N4O2S/c1-20(2)13-9-10-21(20,3)16(11-13)24-25-19-23-18(27)15(28-19)12-17(26)22-14-7-5-4-6-8-14/h4-8,13,15H,9-12H2,1-3H3,(H,22,26)(H,23,25,27)/b24-16+. The smallest absolute Gasteiger partial charge is 0.240 e. The van der Waals surface area contributed by atoms with Crippen LogP contribution in [0.4, 0.5) is 5.69 Å². The minimum atomic E-state index is -0.477. The molecule has 0 spiro atoms. The summed E-state index contributed by atoms with van der Waals surface area (Å²) >= 11 is 1.28. The van der Waals surface area contributed by atoms with Gasteiger partial charge in [0, 0.05) is 23.2 Å². The summed E-state index contributed by atoms with van der Waals surface area (Å²) in [6.07, 6.45) is 3.49. The first-order chi connectivity index (χ1) is 13.3. The number of fused-ring (bicyclic) bond motifs is 2. The van der Waals surface area contributed by atoms with Crippen molar-refractivity contribution in [3.63, 3.8) is 0 Å². The Kier molecular flexibility index (Phi) is 4.81. The van der Waals surface area contributed by atoms with Crippen LogP contribution < -0.4 is 10.6 Å². The molecule has 1 aliphatic heterocycles. The molecule has 3 fully saturated rings. The number of anilines is 1. The molecule has 148 valence electrons. The summed E-state index contributed by atoms with van der Waals surface area (Å²) in [5, 5.41) is 14.5. The number of para-hydroxylation sites is 1. The van der Waals surface area contributed by atoms with Gasteiger partial charge in [0.25, 0.3) is 0 Å². The molecule has 3 aliphatic rings. The molecule has 6 nitrogen and oxygen atoms in total. The topological polar surface area (TPSA) is 82.9 Å². The molecule has 0 aromatic heterocycles. The second kappa shape index (κ2) is 7.03. The van der Waals surface area contributed by atoms with E-state index in [-0.39, 0.29) is 29.1 Å². The van der Waals surface area contributed by atoms with Gasteiger partial charge in [-0.05, 0) is 42.7 Å². The maximum absolute atomic E-state index is 12.2. The van der Waals surface area contributed by atoms with Gasteiger partial charge in [0.15, 0.2) is 5.17 Å². The predicted molar refractivity (Wildman–Crippen MR) is 113 cm³/mol. The van der Waals surface area contributed by atoms with Crippen LogP contribution in [0.3, 0.4) is 0 Å². The Hall–Kier alpha value is -2.15. The molecule has 1 heterocycles. The van der Waals surface area contributed by atoms with Gasteiger partial charge < -0.3 is 10.6 Å². The van der Waals surface area contributed by atoms with Crippen molar-refractivity contribution in [1.29, 1.82) is 0 Å². The number of nitrogens with one attached hydrogen (secondary N) is 2. The van der Waals surface area contributed by atoms with Crippen LogP contribution in [0.2, 0.25) is 0 Å². The summed E-state index contributed by atoms with van der Waals surface area (Å²) in [4.78, 5) is 24.4. The third-order valence-corrected chi connectivity index (χ3v) is 8.05. The number of rotatable bonds is 4. The molecule has 4 rings (SSSR count). The Bertz CT molecular complexity index is 864. The third kappa shape index (κ3) is 3.26. The summed E-state index contributed by atoms with van der Waals surface area (Å²) < 4.78 is 0. The van der Waals surface area contributed by atoms with Gasteiger partial charge in [-0.3, -0.25) is 9.59 Å². The molecule has 2 bridgehead atoms. The molecule has 1 aromatic rings. The van der Waals surface area contributed by atoms with E-state index in [2.05, 4.69) is 41.6 Å². The molecule has 2 saturated carbocycles. The zero-order valence-electron chi connectivity index (χ0n) is 16.5. The monoisotopic (exact) mass is 398 g/mol. The molecule has 2 N–H and O–H groups in total. The first-order valence-electron chi connectivity index (χ1n) is 9.77. The average Bonchev–Trinajstić information content (AvgIpc) is 3.17. The number of thioether (sulfide) groups is 1. The summed E-state index contributed by atoms with van der Waals surface area (Å²) in [6.45, 7) is 6.94. The Morgan fingerprint density at radius 1 is 1.25 bits per heavy atom. The Morgan fingerprint density at radius 3 is 2.64 bits per heavy atom. The van der Waals surface area contributed by atoms with Crippen molar-refractivity contribution < 1.29 is 9.59 Å². The van der Waals surface area contributed by atoms with Gasteiger partial charge in [-0.25, -0.2) is 0 Å². The summed E-state index contributed by atoms with van der Waals surface area (Å²) in [5.74, 6) is 0.289. The number of hydrogen-bond acceptors (Lipinski definition) is 5. The number of hydrogen-bond donors (Lipinski definition) is 2. The lowest BCUT2D eigenvalue weighted by atomic mass is 9.70. The van der Waals surface area contributed by atoms with Crippen LogP contribution in [0.5, 0.6) is 0 Å². The Morgan fingerprint density at radius 2 is 2.00 bits per heavy atom. The normalized spacial score (nSPS) is 33.5. The fourth-order valence-corrected chi connectivity index (χ4v) is 5.59. The SMILES string of the molecule is CC12CCC(C/C1=N\N=C1/NC(=O)C(CC(=O)Nc3ccccc3)S1)C2(C)C. The molecule has 3 atom stereocenters. The second-order valence-corrected chi connectivity index (χ2v) is 9.85. The van der Waals surface area contributed by atoms with Gasteiger partial charge in [-0.1, -0.05) is 50.7 Å². The van der Waals surface area contributed by atoms with Crippen LogP contribution in [-0.4, -0.2) is 27.9 Å². The van der Waals surface area contributed by atoms with E-state index in [0.29, 0.717) is 11.1 Å². The number of carbonyl (C=O) groups excluding carboxylic acids is 2. The van der Waals surface area contributed by atoms with Crippen LogP contribution in [0.15, 0.2) is 40.5 Å². The summed E-state index contributed by atoms with van der Waals surface area (Å²) in [7, 11) is 0. The van der Waals surface area contributed by atoms with Crippen molar-refractivity contribution in [1.82, 2.24) is 5.32 Å². The largest absolute Gasteiger partial charge is 0.326 e. The van der Waals surface area contributed by atoms with Crippen molar-refractivity contribution in [2.75, 3.05) is 5.32 Å². The van der Waals surface area contributed by atoms with E-state index in [1.165, 1.54) is 18.2 Å². The van der Waals surface area contributed by atoms with E-state index < -0.39 is 5.25 Å². The van der Waals surface area contributed by atoms with E-state index in [4.69, 9.17) is 0 Å². The van der Waals surface area contributed by atoms with E-state index in [9.17, 15) is 9.59 Å². The lowest BCUT2D eigenvalue weighted by Gasteiger charge is -2.34. The summed E-state index contributed by atoms with van der Waals surface area (Å²) in [6, 6.07) is 9.24. The highest BCUT2D eigenvalue weighted by atomic mass is 32.2. The van der Waals surface area contributed by atoms with Crippen molar-refractivity contribution in [3.05, 3.63) is 30.3 Å². The number of nitrogens with zero attached hydrogens (tertiary/aromatic N) is 2. The molecule has 1 saturated heterocycles. The van der Waals surface area contributed by atoms with Crippen LogP contribution in [0.25, 0.3) is 0 Å². The van der Waals surface area contributed by atoms with Crippen LogP contribution in [0.1, 0.15) is 46.5 Å². The molecule has 2 amide bonds. The predicted octanol–water partition coefficient (Wildman–Crippen LogP) is 3.81. The van der Waals surface area contributed by atoms with Crippen LogP contribution in [-0.2, 0) is 9.59 Å². The lowest BCUT2D eigenvalue weighted by Crippen LogP contribution is -2.32. The van der Waals surface area contributed by atoms with E-state index >= 15 is 0 Å². The highest BCUT2D eigenvalue weighted by Crippen LogP contribution is 2.64. The molecular weight excluding hydrogens is 372 g/mol. The second-order valence-electron chi connectivity index (χ2n) is 8.66. The molecule has 1 aromatic carbocycles. The number of benzene rings is 1. The fraction of sp³-hybridized carbons (Fsp3) is 0.524. The number of amides is 2. The fourth-order valence-electron chi connectivity index (χ4n) is 4.67. The molecular formula is C21H26N4O2S. The zero-order valence-corrected chi connectivity index (χ0v) is 17.3. The van der Waals surface area contributed by atoms with E-state index in [0.717, 1.165) is 24.2 Å². The van der Waals surface area contributed by atoms with Gasteiger partial charge in [0.1, 0.15) is 5.25 Å². The minimum absolute atomic E-state index is 0.0873. The molecule has 2 aliphatic carbocycles. The van der Waals surface area contributed by atoms with Gasteiger partial charge in [-0.15, -0.1) is 5.10 Å². The van der Waals surface area contributed by atoms with Gasteiger partial charge >= 0.3 is 0 Å². The van der Waals surface area contributed by atoms with E-state index in [1.807, 2.05) is 30.3 Å². The minimum Gasteiger partial charge on any atom is -0.326 e. The van der Waals surface area contributed by atoms with Crippen molar-refractivity contribution in [3.8, 4) is 0 Å². The molecule has 0 radical (unpaired) electrons. The van der Waals surface area contributed by atoms with Crippen LogP contribution in [0, 0.1) is 16.7 Å².